The molecule has 10 nitrogen and oxygen atoms in total. The molecule has 0 unspecified atom stereocenters. The van der Waals surface area contributed by atoms with Crippen molar-refractivity contribution in [2.24, 2.45) is 0 Å². The SMILES string of the molecule is CCn1c(-c2cnc(C)nc2)nc2c(N[C@H]3CCN(c4cccc(NC)n4)C3)ncnc21. The van der Waals surface area contributed by atoms with E-state index >= 15 is 0 Å². The summed E-state index contributed by atoms with van der Waals surface area (Å²) in [6, 6.07) is 6.28. The van der Waals surface area contributed by atoms with Gasteiger partial charge in [-0.2, -0.15) is 0 Å². The second-order valence-corrected chi connectivity index (χ2v) is 7.80. The molecule has 5 heterocycles. The Morgan fingerprint density at radius 1 is 1.09 bits per heavy atom. The highest BCUT2D eigenvalue weighted by Crippen LogP contribution is 2.28. The van der Waals surface area contributed by atoms with Crippen LogP contribution in [-0.4, -0.2) is 60.6 Å². The Morgan fingerprint density at radius 3 is 2.72 bits per heavy atom. The van der Waals surface area contributed by atoms with Crippen LogP contribution in [0.4, 0.5) is 17.5 Å². The summed E-state index contributed by atoms with van der Waals surface area (Å²) in [4.78, 5) is 29.5. The number of hydrogen-bond donors (Lipinski definition) is 2. The molecule has 0 radical (unpaired) electrons. The highest BCUT2D eigenvalue weighted by molar-refractivity contribution is 5.86. The van der Waals surface area contributed by atoms with Crippen molar-refractivity contribution in [3.63, 3.8) is 0 Å². The monoisotopic (exact) mass is 430 g/mol. The van der Waals surface area contributed by atoms with E-state index in [0.717, 1.165) is 71.9 Å². The summed E-state index contributed by atoms with van der Waals surface area (Å²) >= 11 is 0. The summed E-state index contributed by atoms with van der Waals surface area (Å²) in [6.07, 6.45) is 6.19. The second kappa shape index (κ2) is 8.37. The highest BCUT2D eigenvalue weighted by atomic mass is 15.3. The molecule has 10 heteroatoms. The summed E-state index contributed by atoms with van der Waals surface area (Å²) in [5.41, 5.74) is 2.43. The summed E-state index contributed by atoms with van der Waals surface area (Å²) in [5, 5.41) is 6.70. The Balaban J connectivity index is 1.42. The van der Waals surface area contributed by atoms with Gasteiger partial charge in [-0.25, -0.2) is 29.9 Å². The first-order valence-electron chi connectivity index (χ1n) is 10.8. The standard InChI is InChI=1S/C22H26N10/c1-4-32-21(15-10-24-14(2)25-11-15)30-19-20(26-13-27-22(19)32)28-16-8-9-31(12-16)18-7-5-6-17(23-3)29-18/h5-7,10-11,13,16H,4,8-9,12H2,1-3H3,(H,23,29)(H,26,27,28)/t16-/m0/s1. The van der Waals surface area contributed by atoms with Crippen LogP contribution in [0.25, 0.3) is 22.6 Å². The number of fused-ring (bicyclic) bond motifs is 1. The van der Waals surface area contributed by atoms with E-state index in [1.54, 1.807) is 18.7 Å². The van der Waals surface area contributed by atoms with Crippen LogP contribution in [-0.2, 0) is 6.54 Å². The molecule has 4 aromatic rings. The van der Waals surface area contributed by atoms with E-state index in [1.807, 2.05) is 32.2 Å². The number of anilines is 3. The molecule has 0 aromatic carbocycles. The van der Waals surface area contributed by atoms with E-state index in [4.69, 9.17) is 4.98 Å². The molecule has 4 aromatic heterocycles. The minimum absolute atomic E-state index is 0.242. The lowest BCUT2D eigenvalue weighted by Crippen LogP contribution is -2.27. The molecule has 1 aliphatic heterocycles. The predicted octanol–water partition coefficient (Wildman–Crippen LogP) is 2.74. The van der Waals surface area contributed by atoms with Gasteiger partial charge in [0.15, 0.2) is 17.0 Å². The number of imidazole rings is 1. The smallest absolute Gasteiger partial charge is 0.165 e. The van der Waals surface area contributed by atoms with Gasteiger partial charge < -0.3 is 20.1 Å². The van der Waals surface area contributed by atoms with Crippen molar-refractivity contribution in [1.82, 2.24) is 34.5 Å². The van der Waals surface area contributed by atoms with Gasteiger partial charge >= 0.3 is 0 Å². The third-order valence-corrected chi connectivity index (χ3v) is 5.73. The van der Waals surface area contributed by atoms with Gasteiger partial charge in [0.1, 0.15) is 29.6 Å². The minimum Gasteiger partial charge on any atom is -0.373 e. The van der Waals surface area contributed by atoms with E-state index in [1.165, 1.54) is 0 Å². The average Bonchev–Trinajstić information content (AvgIpc) is 3.45. The van der Waals surface area contributed by atoms with E-state index < -0.39 is 0 Å². The van der Waals surface area contributed by atoms with Crippen molar-refractivity contribution in [2.75, 3.05) is 35.7 Å². The molecule has 1 fully saturated rings. The zero-order valence-electron chi connectivity index (χ0n) is 18.4. The largest absolute Gasteiger partial charge is 0.373 e. The van der Waals surface area contributed by atoms with Crippen molar-refractivity contribution >= 4 is 28.6 Å². The fraction of sp³-hybridized carbons (Fsp3) is 0.364. The van der Waals surface area contributed by atoms with Gasteiger partial charge in [-0.3, -0.25) is 0 Å². The molecule has 5 rings (SSSR count). The molecule has 2 N–H and O–H groups in total. The zero-order chi connectivity index (χ0) is 22.1. The number of pyridine rings is 1. The predicted molar refractivity (Wildman–Crippen MR) is 125 cm³/mol. The third-order valence-electron chi connectivity index (χ3n) is 5.73. The quantitative estimate of drug-likeness (QED) is 0.477. The summed E-state index contributed by atoms with van der Waals surface area (Å²) in [5.74, 6) is 4.13. The van der Waals surface area contributed by atoms with Crippen LogP contribution in [0.1, 0.15) is 19.2 Å². The number of aromatic nitrogens is 7. The molecule has 0 bridgehead atoms. The fourth-order valence-corrected chi connectivity index (χ4v) is 4.09. The zero-order valence-corrected chi connectivity index (χ0v) is 18.4. The van der Waals surface area contributed by atoms with Gasteiger partial charge in [0.25, 0.3) is 0 Å². The first kappa shape index (κ1) is 20.1. The number of aryl methyl sites for hydroxylation is 2. The lowest BCUT2D eigenvalue weighted by atomic mass is 10.2. The maximum atomic E-state index is 4.89. The van der Waals surface area contributed by atoms with E-state index in [2.05, 4.69) is 51.9 Å². The van der Waals surface area contributed by atoms with Gasteiger partial charge in [0, 0.05) is 45.1 Å². The molecule has 1 saturated heterocycles. The molecule has 0 aliphatic carbocycles. The molecule has 1 aliphatic rings. The first-order valence-corrected chi connectivity index (χ1v) is 10.8. The van der Waals surface area contributed by atoms with E-state index in [9.17, 15) is 0 Å². The Hall–Kier alpha value is -3.82. The van der Waals surface area contributed by atoms with Crippen molar-refractivity contribution in [2.45, 2.75) is 32.9 Å². The lowest BCUT2D eigenvalue weighted by Gasteiger charge is -2.18. The van der Waals surface area contributed by atoms with Crippen LogP contribution in [0, 0.1) is 6.92 Å². The topological polar surface area (TPSA) is 110 Å². The van der Waals surface area contributed by atoms with Gasteiger partial charge in [0.05, 0.1) is 5.56 Å². The maximum Gasteiger partial charge on any atom is 0.165 e. The van der Waals surface area contributed by atoms with Crippen LogP contribution in [0.3, 0.4) is 0 Å². The molecule has 1 atom stereocenters. The molecule has 0 amide bonds. The average molecular weight is 431 g/mol. The Morgan fingerprint density at radius 2 is 1.94 bits per heavy atom. The Kier molecular flexibility index (Phi) is 5.26. The van der Waals surface area contributed by atoms with Crippen LogP contribution < -0.4 is 15.5 Å². The van der Waals surface area contributed by atoms with Gasteiger partial charge in [-0.1, -0.05) is 6.07 Å². The Labute approximate surface area is 186 Å². The fourth-order valence-electron chi connectivity index (χ4n) is 4.09. The maximum absolute atomic E-state index is 4.89. The highest BCUT2D eigenvalue weighted by Gasteiger charge is 2.25. The third kappa shape index (κ3) is 3.68. The first-order chi connectivity index (χ1) is 15.7. The molecule has 0 spiro atoms. The molecular weight excluding hydrogens is 404 g/mol. The lowest BCUT2D eigenvalue weighted by molar-refractivity contribution is 0.783. The van der Waals surface area contributed by atoms with Crippen LogP contribution in [0.15, 0.2) is 36.9 Å². The van der Waals surface area contributed by atoms with Crippen molar-refractivity contribution in [1.29, 1.82) is 0 Å². The summed E-state index contributed by atoms with van der Waals surface area (Å²) < 4.78 is 2.07. The number of hydrogen-bond acceptors (Lipinski definition) is 9. The van der Waals surface area contributed by atoms with Crippen molar-refractivity contribution in [3.8, 4) is 11.4 Å². The Bertz CT molecular complexity index is 1230. The number of rotatable bonds is 6. The van der Waals surface area contributed by atoms with E-state index in [0.29, 0.717) is 0 Å². The van der Waals surface area contributed by atoms with Crippen LogP contribution >= 0.6 is 0 Å². The van der Waals surface area contributed by atoms with Crippen LogP contribution in [0.2, 0.25) is 0 Å². The van der Waals surface area contributed by atoms with Crippen molar-refractivity contribution < 1.29 is 0 Å². The van der Waals surface area contributed by atoms with Gasteiger partial charge in [-0.05, 0) is 32.4 Å². The van der Waals surface area contributed by atoms with Gasteiger partial charge in [0.2, 0.25) is 0 Å². The molecule has 164 valence electrons. The molecule has 0 saturated carbocycles. The number of nitrogens with one attached hydrogen (secondary N) is 2. The van der Waals surface area contributed by atoms with Crippen molar-refractivity contribution in [3.05, 3.63) is 42.7 Å². The summed E-state index contributed by atoms with van der Waals surface area (Å²) in [6.45, 7) is 6.46. The molecular formula is C22H26N10. The molecule has 32 heavy (non-hydrogen) atoms. The number of nitrogens with zero attached hydrogens (tertiary/aromatic N) is 8. The second-order valence-electron chi connectivity index (χ2n) is 7.80. The van der Waals surface area contributed by atoms with Crippen LogP contribution in [0.5, 0.6) is 0 Å². The van der Waals surface area contributed by atoms with Gasteiger partial charge in [-0.15, -0.1) is 0 Å². The normalized spacial score (nSPS) is 16.0. The van der Waals surface area contributed by atoms with E-state index in [-0.39, 0.29) is 6.04 Å². The summed E-state index contributed by atoms with van der Waals surface area (Å²) in [7, 11) is 1.88. The minimum atomic E-state index is 0.242.